The topological polar surface area (TPSA) is 63.6 Å². The van der Waals surface area contributed by atoms with Gasteiger partial charge >= 0.3 is 29.7 Å². The summed E-state index contributed by atoms with van der Waals surface area (Å²) in [5.74, 6) is -18.2. The van der Waals surface area contributed by atoms with Gasteiger partial charge in [0.1, 0.15) is 5.60 Å². The SMILES string of the molecule is C#CS/C(=C\CC1=C(c2cc(-c3ccc(C(C)(C)C)s3)sc2-c2ccc(C(CC)(CC)OC(=O)CCC(=O)O)s2)C(F)(F)C(F)(F)C1(F)F)c1ccc(C(C)(C)C)s1. The van der Waals surface area contributed by atoms with Crippen molar-refractivity contribution in [2.45, 2.75) is 122 Å². The van der Waals surface area contributed by atoms with Crippen molar-refractivity contribution >= 4 is 79.5 Å². The third-order valence-corrected chi connectivity index (χ3v) is 16.6. The Bertz CT molecular complexity index is 2280. The number of carboxylic acids is 1. The minimum absolute atomic E-state index is 0.0752. The quantitative estimate of drug-likeness (QED) is 0.0776. The minimum Gasteiger partial charge on any atom is -0.481 e. The van der Waals surface area contributed by atoms with Crippen LogP contribution in [0.3, 0.4) is 0 Å². The summed E-state index contributed by atoms with van der Waals surface area (Å²) in [4.78, 5) is 28.7. The average Bonchev–Trinajstić information content (AvgIpc) is 3.96. The minimum atomic E-state index is -5.76. The van der Waals surface area contributed by atoms with Crippen LogP contribution in [0.2, 0.25) is 0 Å². The number of carbonyl (C=O) groups is 2. The van der Waals surface area contributed by atoms with E-state index in [4.69, 9.17) is 16.3 Å². The number of rotatable bonds is 14. The summed E-state index contributed by atoms with van der Waals surface area (Å²) in [7, 11) is 0. The summed E-state index contributed by atoms with van der Waals surface area (Å²) in [5.41, 5.74) is -5.04. The molecule has 4 aromatic heterocycles. The number of aliphatic carboxylic acids is 1. The van der Waals surface area contributed by atoms with Crippen molar-refractivity contribution in [2.75, 3.05) is 0 Å². The molecule has 15 heteroatoms. The number of thioether (sulfide) groups is 1. The Hall–Kier alpha value is -3.29. The standard InChI is InChI=1S/C43H44F6O4S5/c1-10-40(11-2,53-35(52)22-21-34(50)51)33-20-17-29(57-33)37-24(23-30(58-37)28-16-19-32(56-28)39(7,8)9)36-25(41(44,45)43(48,49)42(36,46)47)13-14-26(54-12-3)27-15-18-31(55-27)38(4,5)6/h3,14-20,23H,10-11,13,21-22H2,1-2,4-9H3,(H,50,51)/b26-14-. The molecule has 0 saturated heterocycles. The molecule has 0 fully saturated rings. The molecule has 0 spiro atoms. The van der Waals surface area contributed by atoms with Crippen LogP contribution in [0.4, 0.5) is 26.3 Å². The van der Waals surface area contributed by atoms with Gasteiger partial charge < -0.3 is 9.84 Å². The molecular weight excluding hydrogens is 855 g/mol. The molecule has 0 atom stereocenters. The van der Waals surface area contributed by atoms with Crippen molar-refractivity contribution in [3.8, 4) is 31.2 Å². The van der Waals surface area contributed by atoms with Gasteiger partial charge in [0.2, 0.25) is 0 Å². The third-order valence-electron chi connectivity index (χ3n) is 9.89. The molecule has 0 unspecified atom stereocenters. The summed E-state index contributed by atoms with van der Waals surface area (Å²) in [6.07, 6.45) is 5.62. The summed E-state index contributed by atoms with van der Waals surface area (Å²) in [5, 5.41) is 11.5. The largest absolute Gasteiger partial charge is 0.481 e. The van der Waals surface area contributed by atoms with Gasteiger partial charge in [0, 0.05) is 55.8 Å². The number of carboxylic acid groups (broad SMARTS) is 1. The predicted octanol–water partition coefficient (Wildman–Crippen LogP) is 14.7. The van der Waals surface area contributed by atoms with E-state index in [1.807, 2.05) is 53.7 Å². The van der Waals surface area contributed by atoms with Crippen LogP contribution < -0.4 is 0 Å². The predicted molar refractivity (Wildman–Crippen MR) is 229 cm³/mol. The van der Waals surface area contributed by atoms with Gasteiger partial charge in [-0.15, -0.1) is 51.8 Å². The van der Waals surface area contributed by atoms with Crippen LogP contribution in [-0.4, -0.2) is 34.8 Å². The molecule has 5 rings (SSSR count). The van der Waals surface area contributed by atoms with Gasteiger partial charge in [-0.2, -0.15) is 26.3 Å². The number of ether oxygens (including phenoxy) is 1. The Labute approximate surface area is 355 Å². The van der Waals surface area contributed by atoms with E-state index in [2.05, 4.69) is 5.25 Å². The van der Waals surface area contributed by atoms with E-state index in [0.29, 0.717) is 29.3 Å². The molecule has 0 aromatic carbocycles. The number of terminal acetylenes is 1. The van der Waals surface area contributed by atoms with Crippen LogP contribution in [0.25, 0.3) is 30.0 Å². The van der Waals surface area contributed by atoms with Gasteiger partial charge in [-0.1, -0.05) is 61.5 Å². The third kappa shape index (κ3) is 8.64. The lowest BCUT2D eigenvalue weighted by Crippen LogP contribution is -2.49. The first kappa shape index (κ1) is 45.8. The van der Waals surface area contributed by atoms with Crippen LogP contribution in [0.1, 0.15) is 113 Å². The van der Waals surface area contributed by atoms with Crippen LogP contribution in [-0.2, 0) is 30.8 Å². The van der Waals surface area contributed by atoms with E-state index in [0.717, 1.165) is 44.2 Å². The Morgan fingerprint density at radius 2 is 1.36 bits per heavy atom. The summed E-state index contributed by atoms with van der Waals surface area (Å²) >= 11 is 5.68. The van der Waals surface area contributed by atoms with E-state index in [1.54, 1.807) is 38.1 Å². The van der Waals surface area contributed by atoms with E-state index >= 15 is 26.3 Å². The lowest BCUT2D eigenvalue weighted by atomic mass is 9.94. The van der Waals surface area contributed by atoms with E-state index in [9.17, 15) is 9.59 Å². The number of halogens is 6. The molecule has 0 bridgehead atoms. The van der Waals surface area contributed by atoms with Crippen LogP contribution >= 0.6 is 57.1 Å². The van der Waals surface area contributed by atoms with Crippen molar-refractivity contribution in [1.29, 1.82) is 0 Å². The Balaban J connectivity index is 1.74. The number of carbonyl (C=O) groups excluding carboxylic acids is 1. The first-order valence-electron chi connectivity index (χ1n) is 18.4. The molecule has 4 nitrogen and oxygen atoms in total. The van der Waals surface area contributed by atoms with E-state index < -0.39 is 64.9 Å². The van der Waals surface area contributed by atoms with E-state index in [1.165, 1.54) is 34.8 Å². The van der Waals surface area contributed by atoms with Gasteiger partial charge in [-0.25, -0.2) is 0 Å². The van der Waals surface area contributed by atoms with Gasteiger partial charge in [0.05, 0.1) is 17.7 Å². The van der Waals surface area contributed by atoms with E-state index in [-0.39, 0.29) is 35.0 Å². The fraction of sp³-hybridized carbons (Fsp3) is 0.442. The Kier molecular flexibility index (Phi) is 13.1. The number of hydrogen-bond acceptors (Lipinski definition) is 8. The zero-order valence-corrected chi connectivity index (χ0v) is 37.3. The second-order valence-corrected chi connectivity index (χ2v) is 21.2. The van der Waals surface area contributed by atoms with Crippen molar-refractivity contribution in [2.24, 2.45) is 0 Å². The Morgan fingerprint density at radius 3 is 1.91 bits per heavy atom. The highest BCUT2D eigenvalue weighted by molar-refractivity contribution is 8.12. The lowest BCUT2D eigenvalue weighted by Gasteiger charge is -2.30. The second kappa shape index (κ2) is 16.6. The fourth-order valence-corrected chi connectivity index (χ4v) is 11.9. The van der Waals surface area contributed by atoms with Gasteiger partial charge in [0.25, 0.3) is 0 Å². The smallest absolute Gasteiger partial charge is 0.380 e. The number of hydrogen-bond donors (Lipinski definition) is 1. The van der Waals surface area contributed by atoms with Crippen LogP contribution in [0.5, 0.6) is 0 Å². The highest BCUT2D eigenvalue weighted by Gasteiger charge is 2.80. The molecule has 1 aliphatic rings. The van der Waals surface area contributed by atoms with Crippen molar-refractivity contribution in [3.05, 3.63) is 79.2 Å². The molecule has 0 aliphatic heterocycles. The number of alkyl halides is 6. The maximum Gasteiger partial charge on any atom is 0.380 e. The van der Waals surface area contributed by atoms with Crippen LogP contribution in [0.15, 0.2) is 54.1 Å². The zero-order valence-electron chi connectivity index (χ0n) is 33.2. The highest BCUT2D eigenvalue weighted by atomic mass is 32.2. The van der Waals surface area contributed by atoms with Gasteiger partial charge in [-0.05, 0) is 89.6 Å². The monoisotopic (exact) mass is 898 g/mol. The molecule has 4 aromatic rings. The van der Waals surface area contributed by atoms with Crippen molar-refractivity contribution in [3.63, 3.8) is 0 Å². The normalized spacial score (nSPS) is 16.8. The molecular formula is C43H44F6O4S5. The van der Waals surface area contributed by atoms with Gasteiger partial charge in [0.15, 0.2) is 0 Å². The van der Waals surface area contributed by atoms with Gasteiger partial charge in [-0.3, -0.25) is 9.59 Å². The number of thiophene rings is 4. The zero-order chi connectivity index (χ0) is 43.2. The first-order valence-corrected chi connectivity index (χ1v) is 22.5. The molecule has 58 heavy (non-hydrogen) atoms. The van der Waals surface area contributed by atoms with Crippen molar-refractivity contribution < 1.29 is 45.8 Å². The Morgan fingerprint density at radius 1 is 0.793 bits per heavy atom. The summed E-state index contributed by atoms with van der Waals surface area (Å²) in [6, 6.07) is 11.8. The number of esters is 1. The molecule has 1 aliphatic carbocycles. The second-order valence-electron chi connectivity index (χ2n) is 16.0. The molecule has 312 valence electrons. The average molecular weight is 899 g/mol. The maximum absolute atomic E-state index is 16.4. The summed E-state index contributed by atoms with van der Waals surface area (Å²) in [6.45, 7) is 15.5. The highest BCUT2D eigenvalue weighted by Crippen LogP contribution is 2.65. The number of allylic oxidation sites excluding steroid dienone is 3. The lowest BCUT2D eigenvalue weighted by molar-refractivity contribution is -0.260. The molecule has 0 radical (unpaired) electrons. The van der Waals surface area contributed by atoms with Crippen LogP contribution in [0, 0.1) is 11.7 Å². The summed E-state index contributed by atoms with van der Waals surface area (Å²) < 4.78 is 102. The fourth-order valence-electron chi connectivity index (χ4n) is 6.51. The maximum atomic E-state index is 16.4. The molecule has 0 amide bonds. The van der Waals surface area contributed by atoms with Crippen molar-refractivity contribution in [1.82, 2.24) is 0 Å². The molecule has 1 N–H and O–H groups in total. The molecule has 0 saturated carbocycles. The molecule has 4 heterocycles. The first-order chi connectivity index (χ1) is 26.8.